The van der Waals surface area contributed by atoms with Crippen LogP contribution < -0.4 is 15.4 Å². The van der Waals surface area contributed by atoms with Crippen molar-refractivity contribution in [1.29, 1.82) is 0 Å². The summed E-state index contributed by atoms with van der Waals surface area (Å²) < 4.78 is 5.55. The predicted octanol–water partition coefficient (Wildman–Crippen LogP) is 1.42. The first-order valence-electron chi connectivity index (χ1n) is 7.07. The molecule has 1 saturated heterocycles. The first-order valence-corrected chi connectivity index (χ1v) is 7.07. The topological polar surface area (TPSA) is 50.4 Å². The van der Waals surface area contributed by atoms with E-state index in [-0.39, 0.29) is 11.8 Å². The Morgan fingerprint density at radius 1 is 1.37 bits per heavy atom. The summed E-state index contributed by atoms with van der Waals surface area (Å²) in [6.07, 6.45) is 3.65. The van der Waals surface area contributed by atoms with Crippen LogP contribution in [0.3, 0.4) is 0 Å². The van der Waals surface area contributed by atoms with Crippen LogP contribution in [-0.2, 0) is 4.79 Å². The molecule has 2 aliphatic heterocycles. The molecule has 2 N–H and O–H groups in total. The summed E-state index contributed by atoms with van der Waals surface area (Å²) in [6, 6.07) is 8.22. The van der Waals surface area contributed by atoms with E-state index >= 15 is 0 Å². The molecule has 3 rings (SSSR count). The molecule has 1 aromatic carbocycles. The Bertz CT molecular complexity index is 455. The van der Waals surface area contributed by atoms with Crippen LogP contribution in [0.4, 0.5) is 0 Å². The summed E-state index contributed by atoms with van der Waals surface area (Å²) in [5.41, 5.74) is 1.01. The molecule has 2 atom stereocenters. The minimum absolute atomic E-state index is 0.0809. The van der Waals surface area contributed by atoms with E-state index in [1.54, 1.807) is 0 Å². The smallest absolute Gasteiger partial charge is 0.231 e. The van der Waals surface area contributed by atoms with Gasteiger partial charge in [-0.1, -0.05) is 24.6 Å². The zero-order valence-electron chi connectivity index (χ0n) is 11.0. The molecule has 4 heteroatoms. The summed E-state index contributed by atoms with van der Waals surface area (Å²) in [5.74, 6) is 0.774. The molecule has 4 nitrogen and oxygen atoms in total. The van der Waals surface area contributed by atoms with Gasteiger partial charge in [0.05, 0.1) is 0 Å². The number of rotatable bonds is 3. The average Bonchev–Trinajstić information content (AvgIpc) is 2.90. The van der Waals surface area contributed by atoms with Crippen LogP contribution in [0.5, 0.6) is 5.75 Å². The quantitative estimate of drug-likeness (QED) is 0.864. The lowest BCUT2D eigenvalue weighted by molar-refractivity contribution is -0.122. The van der Waals surface area contributed by atoms with Crippen molar-refractivity contribution in [3.8, 4) is 5.75 Å². The Hall–Kier alpha value is -1.55. The third kappa shape index (κ3) is 2.73. The van der Waals surface area contributed by atoms with Crippen LogP contribution in [0.25, 0.3) is 0 Å². The van der Waals surface area contributed by atoms with Crippen LogP contribution in [0.1, 0.15) is 30.7 Å². The molecule has 0 radical (unpaired) electrons. The number of fused-ring (bicyclic) bond motifs is 1. The fourth-order valence-corrected chi connectivity index (χ4v) is 2.82. The molecule has 0 aliphatic carbocycles. The van der Waals surface area contributed by atoms with Gasteiger partial charge in [-0.25, -0.2) is 0 Å². The molecular formula is C15H20N2O2. The lowest BCUT2D eigenvalue weighted by atomic mass is 10.00. The molecule has 19 heavy (non-hydrogen) atoms. The van der Waals surface area contributed by atoms with Crippen molar-refractivity contribution in [3.63, 3.8) is 0 Å². The van der Waals surface area contributed by atoms with Gasteiger partial charge in [-0.3, -0.25) is 4.79 Å². The van der Waals surface area contributed by atoms with E-state index in [4.69, 9.17) is 4.74 Å². The van der Waals surface area contributed by atoms with Crippen molar-refractivity contribution in [1.82, 2.24) is 10.6 Å². The summed E-state index contributed by atoms with van der Waals surface area (Å²) in [4.78, 5) is 12.2. The van der Waals surface area contributed by atoms with Crippen molar-refractivity contribution >= 4 is 5.91 Å². The first-order chi connectivity index (χ1) is 9.34. The normalized spacial score (nSPS) is 25.5. The van der Waals surface area contributed by atoms with Crippen LogP contribution >= 0.6 is 0 Å². The van der Waals surface area contributed by atoms with Gasteiger partial charge in [-0.2, -0.15) is 0 Å². The molecule has 2 aliphatic rings. The van der Waals surface area contributed by atoms with E-state index in [9.17, 15) is 4.79 Å². The number of para-hydroxylation sites is 1. The highest BCUT2D eigenvalue weighted by Crippen LogP contribution is 2.33. The minimum atomic E-state index is -0.153. The van der Waals surface area contributed by atoms with Crippen LogP contribution in [0.15, 0.2) is 24.3 Å². The number of amides is 1. The number of piperidine rings is 1. The lowest BCUT2D eigenvalue weighted by Crippen LogP contribution is -2.44. The van der Waals surface area contributed by atoms with Crippen molar-refractivity contribution in [2.24, 2.45) is 0 Å². The second-order valence-electron chi connectivity index (χ2n) is 5.29. The predicted molar refractivity (Wildman–Crippen MR) is 73.3 cm³/mol. The number of carbonyl (C=O) groups is 1. The van der Waals surface area contributed by atoms with Gasteiger partial charge in [0.15, 0.2) is 0 Å². The van der Waals surface area contributed by atoms with E-state index in [1.807, 2.05) is 24.3 Å². The van der Waals surface area contributed by atoms with E-state index < -0.39 is 0 Å². The summed E-state index contributed by atoms with van der Waals surface area (Å²) in [7, 11) is 0. The zero-order valence-corrected chi connectivity index (χ0v) is 11.0. The van der Waals surface area contributed by atoms with Gasteiger partial charge in [0.2, 0.25) is 5.91 Å². The van der Waals surface area contributed by atoms with E-state index in [1.165, 1.54) is 12.8 Å². The van der Waals surface area contributed by atoms with Crippen LogP contribution in [-0.4, -0.2) is 31.6 Å². The molecule has 2 unspecified atom stereocenters. The highest BCUT2D eigenvalue weighted by Gasteiger charge is 2.30. The molecular weight excluding hydrogens is 240 g/mol. The van der Waals surface area contributed by atoms with Crippen LogP contribution in [0, 0.1) is 0 Å². The Balaban J connectivity index is 1.56. The second kappa shape index (κ2) is 5.61. The number of nitrogens with one attached hydrogen (secondary N) is 2. The molecule has 102 valence electrons. The summed E-state index contributed by atoms with van der Waals surface area (Å²) >= 11 is 0. The monoisotopic (exact) mass is 260 g/mol. The maximum absolute atomic E-state index is 12.2. The molecule has 1 fully saturated rings. The highest BCUT2D eigenvalue weighted by atomic mass is 16.5. The summed E-state index contributed by atoms with van der Waals surface area (Å²) in [6.45, 7) is 2.25. The molecule has 0 spiro atoms. The number of benzene rings is 1. The van der Waals surface area contributed by atoms with Gasteiger partial charge in [-0.15, -0.1) is 0 Å². The van der Waals surface area contributed by atoms with Gasteiger partial charge in [-0.05, 0) is 25.5 Å². The molecule has 0 saturated carbocycles. The summed E-state index contributed by atoms with van der Waals surface area (Å²) in [5, 5.41) is 6.49. The molecule has 0 aromatic heterocycles. The molecule has 1 aromatic rings. The fraction of sp³-hybridized carbons (Fsp3) is 0.533. The van der Waals surface area contributed by atoms with E-state index in [0.29, 0.717) is 12.6 Å². The number of hydrogen-bond donors (Lipinski definition) is 2. The average molecular weight is 260 g/mol. The SMILES string of the molecule is O=C(NCC1CCCCN1)C1COc2ccccc21. The maximum atomic E-state index is 12.2. The Labute approximate surface area is 113 Å². The van der Waals surface area contributed by atoms with Crippen molar-refractivity contribution < 1.29 is 9.53 Å². The van der Waals surface area contributed by atoms with Crippen molar-refractivity contribution in [2.75, 3.05) is 19.7 Å². The molecule has 0 bridgehead atoms. The third-order valence-electron chi connectivity index (χ3n) is 3.95. The largest absolute Gasteiger partial charge is 0.492 e. The van der Waals surface area contributed by atoms with E-state index in [2.05, 4.69) is 10.6 Å². The zero-order chi connectivity index (χ0) is 13.1. The minimum Gasteiger partial charge on any atom is -0.492 e. The number of carbonyl (C=O) groups excluding carboxylic acids is 1. The van der Waals surface area contributed by atoms with Crippen molar-refractivity contribution in [3.05, 3.63) is 29.8 Å². The van der Waals surface area contributed by atoms with Crippen LogP contribution in [0.2, 0.25) is 0 Å². The third-order valence-corrected chi connectivity index (χ3v) is 3.95. The van der Waals surface area contributed by atoms with E-state index in [0.717, 1.165) is 30.8 Å². The maximum Gasteiger partial charge on any atom is 0.231 e. The standard InChI is InChI=1S/C15H20N2O2/c18-15(17-9-11-5-3-4-8-16-11)13-10-19-14-7-2-1-6-12(13)14/h1-2,6-7,11,13,16H,3-5,8-10H2,(H,17,18). The Morgan fingerprint density at radius 3 is 3.11 bits per heavy atom. The van der Waals surface area contributed by atoms with Gasteiger partial charge in [0.25, 0.3) is 0 Å². The lowest BCUT2D eigenvalue weighted by Gasteiger charge is -2.24. The molecule has 1 amide bonds. The Morgan fingerprint density at radius 2 is 2.26 bits per heavy atom. The number of hydrogen-bond acceptors (Lipinski definition) is 3. The van der Waals surface area contributed by atoms with Gasteiger partial charge < -0.3 is 15.4 Å². The fourth-order valence-electron chi connectivity index (χ4n) is 2.82. The highest BCUT2D eigenvalue weighted by molar-refractivity contribution is 5.85. The van der Waals surface area contributed by atoms with Crippen molar-refractivity contribution in [2.45, 2.75) is 31.2 Å². The van der Waals surface area contributed by atoms with Gasteiger partial charge >= 0.3 is 0 Å². The van der Waals surface area contributed by atoms with Gasteiger partial charge in [0, 0.05) is 18.2 Å². The molecule has 2 heterocycles. The first kappa shape index (κ1) is 12.5. The Kier molecular flexibility index (Phi) is 3.69. The second-order valence-corrected chi connectivity index (χ2v) is 5.29. The number of ether oxygens (including phenoxy) is 1. The van der Waals surface area contributed by atoms with Gasteiger partial charge in [0.1, 0.15) is 18.3 Å².